The normalized spacial score (nSPS) is 12.4. The molecule has 0 amide bonds. The summed E-state index contributed by atoms with van der Waals surface area (Å²) in [6.45, 7) is 9.67. The van der Waals surface area contributed by atoms with Gasteiger partial charge in [-0.3, -0.25) is 0 Å². The van der Waals surface area contributed by atoms with E-state index in [1.165, 1.54) is 0 Å². The van der Waals surface area contributed by atoms with Crippen molar-refractivity contribution >= 4 is 35.1 Å². The number of H-pyrrole nitrogens is 1. The van der Waals surface area contributed by atoms with Gasteiger partial charge < -0.3 is 14.5 Å². The zero-order valence-electron chi connectivity index (χ0n) is 26.6. The van der Waals surface area contributed by atoms with E-state index in [0.717, 1.165) is 32.6 Å². The van der Waals surface area contributed by atoms with Crippen LogP contribution >= 0.6 is 7.26 Å². The summed E-state index contributed by atoms with van der Waals surface area (Å²) in [6, 6.07) is 40.5. The average molecular weight is 619 g/mol. The largest absolute Gasteiger partial charge is 0.458 e. The molecular weight excluding hydrogens is 577 g/mol. The van der Waals surface area contributed by atoms with Crippen LogP contribution in [0.2, 0.25) is 0 Å². The molecule has 45 heavy (non-hydrogen) atoms. The maximum Gasteiger partial charge on any atom is 0.355 e. The molecule has 5 aromatic rings. The van der Waals surface area contributed by atoms with Crippen LogP contribution in [0.4, 0.5) is 0 Å². The Labute approximate surface area is 267 Å². The van der Waals surface area contributed by atoms with Gasteiger partial charge in [-0.15, -0.1) is 0 Å². The number of esters is 2. The second kappa shape index (κ2) is 13.7. The molecule has 230 valence electrons. The van der Waals surface area contributed by atoms with E-state index >= 15 is 0 Å². The van der Waals surface area contributed by atoms with E-state index in [4.69, 9.17) is 9.47 Å². The Hall–Kier alpha value is -4.47. The van der Waals surface area contributed by atoms with Gasteiger partial charge in [-0.1, -0.05) is 91.9 Å². The molecule has 1 N–H and O–H groups in total. The predicted octanol–water partition coefficient (Wildman–Crippen LogP) is 7.62. The smallest absolute Gasteiger partial charge is 0.355 e. The van der Waals surface area contributed by atoms with Gasteiger partial charge in [0.15, 0.2) is 0 Å². The Morgan fingerprint density at radius 1 is 0.733 bits per heavy atom. The van der Waals surface area contributed by atoms with E-state index in [2.05, 4.69) is 48.3 Å². The third-order valence-electron chi connectivity index (χ3n) is 7.97. The van der Waals surface area contributed by atoms with Crippen molar-refractivity contribution in [2.75, 3.05) is 0 Å². The fourth-order valence-electron chi connectivity index (χ4n) is 6.04. The highest BCUT2D eigenvalue weighted by molar-refractivity contribution is 7.96. The number of aromatic nitrogens is 1. The number of hydrogen-bond acceptors (Lipinski definition) is 4. The van der Waals surface area contributed by atoms with E-state index in [0.29, 0.717) is 17.8 Å². The molecule has 0 saturated carbocycles. The topological polar surface area (TPSA) is 68.4 Å². The summed E-state index contributed by atoms with van der Waals surface area (Å²) in [5.41, 5.74) is 2.21. The summed E-state index contributed by atoms with van der Waals surface area (Å²) >= 11 is 0. The molecule has 0 spiro atoms. The number of carbonyl (C=O) groups excluding carboxylic acids is 2. The van der Waals surface area contributed by atoms with Crippen LogP contribution in [0, 0.1) is 6.92 Å². The predicted molar refractivity (Wildman–Crippen MR) is 184 cm³/mol. The van der Waals surface area contributed by atoms with Gasteiger partial charge in [0.25, 0.3) is 0 Å². The standard InChI is InChI=1S/C39H40NO4P/c1-6-33-28(2)34(37(41)44-39(3,4)5)40-35(33)36(38(42)43-27-29-19-11-7-12-20-29)45(30-21-13-8-14-22-30,31-23-15-9-16-24-31)32-25-17-10-18-26-32/h7-26,36H,6,27H2,1-5H3/p+1. The highest BCUT2D eigenvalue weighted by atomic mass is 31.2. The maximum absolute atomic E-state index is 14.9. The molecule has 0 aliphatic heterocycles. The second-order valence-corrected chi connectivity index (χ2v) is 15.6. The molecule has 6 heteroatoms. The fraction of sp³-hybridized carbons (Fsp3) is 0.231. The fourth-order valence-corrected chi connectivity index (χ4v) is 10.8. The van der Waals surface area contributed by atoms with Gasteiger partial charge in [-0.2, -0.15) is 0 Å². The van der Waals surface area contributed by atoms with Crippen molar-refractivity contribution in [2.24, 2.45) is 0 Å². The van der Waals surface area contributed by atoms with E-state index in [1.54, 1.807) is 0 Å². The zero-order chi connectivity index (χ0) is 32.0. The Kier molecular flexibility index (Phi) is 9.70. The lowest BCUT2D eigenvalue weighted by Gasteiger charge is -2.33. The third-order valence-corrected chi connectivity index (χ3v) is 12.5. The van der Waals surface area contributed by atoms with Crippen LogP contribution < -0.4 is 15.9 Å². The first-order chi connectivity index (χ1) is 21.7. The number of ether oxygens (including phenoxy) is 2. The molecule has 1 atom stereocenters. The summed E-state index contributed by atoms with van der Waals surface area (Å²) in [4.78, 5) is 32.0. The maximum atomic E-state index is 14.9. The zero-order valence-corrected chi connectivity index (χ0v) is 27.5. The van der Waals surface area contributed by atoms with Gasteiger partial charge in [0.05, 0.1) is 5.69 Å². The quantitative estimate of drug-likeness (QED) is 0.129. The van der Waals surface area contributed by atoms with Crippen molar-refractivity contribution in [3.63, 3.8) is 0 Å². The Morgan fingerprint density at radius 3 is 1.60 bits per heavy atom. The number of rotatable bonds is 10. The van der Waals surface area contributed by atoms with Crippen molar-refractivity contribution in [3.05, 3.63) is 149 Å². The summed E-state index contributed by atoms with van der Waals surface area (Å²) in [6.07, 6.45) is 0.612. The summed E-state index contributed by atoms with van der Waals surface area (Å²) < 4.78 is 12.1. The molecule has 0 aliphatic rings. The number of benzene rings is 4. The molecule has 1 heterocycles. The van der Waals surface area contributed by atoms with Crippen LogP contribution in [-0.2, 0) is 27.3 Å². The molecule has 5 nitrogen and oxygen atoms in total. The van der Waals surface area contributed by atoms with Gasteiger partial charge in [0, 0.05) is 0 Å². The number of aromatic amines is 1. The number of nitrogens with one attached hydrogen (secondary N) is 1. The SMILES string of the molecule is CCc1c(C(C(=O)OCc2ccccc2)[P+](c2ccccc2)(c2ccccc2)c2ccccc2)[nH]c(C(=O)OC(C)(C)C)c1C. The third kappa shape index (κ3) is 6.65. The Morgan fingerprint density at radius 2 is 1.18 bits per heavy atom. The Balaban J connectivity index is 1.83. The molecule has 5 rings (SSSR count). The highest BCUT2D eigenvalue weighted by Crippen LogP contribution is 2.67. The second-order valence-electron chi connectivity index (χ2n) is 12.1. The lowest BCUT2D eigenvalue weighted by atomic mass is 10.1. The minimum absolute atomic E-state index is 0.134. The van der Waals surface area contributed by atoms with Crippen LogP contribution in [0.15, 0.2) is 121 Å². The molecular formula is C39H41NO4P+. The van der Waals surface area contributed by atoms with Gasteiger partial charge in [-0.05, 0) is 87.2 Å². The lowest BCUT2D eigenvalue weighted by Crippen LogP contribution is -2.39. The van der Waals surface area contributed by atoms with Crippen LogP contribution in [0.3, 0.4) is 0 Å². The molecule has 4 aromatic carbocycles. The monoisotopic (exact) mass is 618 g/mol. The molecule has 1 unspecified atom stereocenters. The van der Waals surface area contributed by atoms with Gasteiger partial charge in [0.2, 0.25) is 5.66 Å². The average Bonchev–Trinajstić information content (AvgIpc) is 3.38. The molecule has 1 aromatic heterocycles. The first-order valence-corrected chi connectivity index (χ1v) is 17.2. The summed E-state index contributed by atoms with van der Waals surface area (Å²) in [5.74, 6) is -0.796. The minimum Gasteiger partial charge on any atom is -0.458 e. The molecule has 0 aliphatic carbocycles. The van der Waals surface area contributed by atoms with Crippen molar-refractivity contribution < 1.29 is 19.1 Å². The van der Waals surface area contributed by atoms with Crippen LogP contribution in [0.25, 0.3) is 0 Å². The number of carbonyl (C=O) groups is 2. The van der Waals surface area contributed by atoms with Crippen molar-refractivity contribution in [1.29, 1.82) is 0 Å². The van der Waals surface area contributed by atoms with Gasteiger partial charge in [-0.25, -0.2) is 9.59 Å². The van der Waals surface area contributed by atoms with Gasteiger partial charge in [0.1, 0.15) is 41.1 Å². The first kappa shape index (κ1) is 31.9. The van der Waals surface area contributed by atoms with E-state index in [9.17, 15) is 9.59 Å². The van der Waals surface area contributed by atoms with E-state index in [-0.39, 0.29) is 12.6 Å². The highest BCUT2D eigenvalue weighted by Gasteiger charge is 2.59. The lowest BCUT2D eigenvalue weighted by molar-refractivity contribution is -0.144. The Bertz CT molecular complexity index is 1630. The molecule has 0 bridgehead atoms. The summed E-state index contributed by atoms with van der Waals surface area (Å²) in [7, 11) is -2.84. The van der Waals surface area contributed by atoms with Crippen molar-refractivity contribution in [2.45, 2.75) is 58.9 Å². The van der Waals surface area contributed by atoms with Crippen LogP contribution in [0.1, 0.15) is 66.2 Å². The molecule has 0 radical (unpaired) electrons. The van der Waals surface area contributed by atoms with E-state index < -0.39 is 24.5 Å². The minimum atomic E-state index is -2.84. The molecule has 0 fully saturated rings. The van der Waals surface area contributed by atoms with Crippen molar-refractivity contribution in [1.82, 2.24) is 4.98 Å². The number of hydrogen-bond donors (Lipinski definition) is 1. The van der Waals surface area contributed by atoms with Gasteiger partial charge >= 0.3 is 11.9 Å². The van der Waals surface area contributed by atoms with Crippen molar-refractivity contribution in [3.8, 4) is 0 Å². The molecule has 0 saturated heterocycles. The van der Waals surface area contributed by atoms with Crippen LogP contribution in [-0.4, -0.2) is 22.5 Å². The van der Waals surface area contributed by atoms with Crippen LogP contribution in [0.5, 0.6) is 0 Å². The first-order valence-electron chi connectivity index (χ1n) is 15.4. The van der Waals surface area contributed by atoms with E-state index in [1.807, 2.05) is 113 Å². The summed E-state index contributed by atoms with van der Waals surface area (Å²) in [5, 5.41) is 3.12.